The molecule has 0 unspecified atom stereocenters. The largest absolute Gasteiger partial charge is 0.381 e. The molecule has 19 heavy (non-hydrogen) atoms. The van der Waals surface area contributed by atoms with Crippen LogP contribution in [-0.4, -0.2) is 27.7 Å². The van der Waals surface area contributed by atoms with Crippen LogP contribution in [0.3, 0.4) is 0 Å². The second kappa shape index (κ2) is 5.82. The van der Waals surface area contributed by atoms with Crippen LogP contribution >= 0.6 is 15.9 Å². The number of hydrogen-bond donors (Lipinski definition) is 1. The standard InChI is InChI=1S/C11H12BrF2NO3S/c12-9-5-7(13)6-10(14)11(9)19(16,17)15-8-1-3-18-4-2-8/h5-6,8,15H,1-4H2. The van der Waals surface area contributed by atoms with Crippen LogP contribution in [0, 0.1) is 11.6 Å². The van der Waals surface area contributed by atoms with E-state index in [9.17, 15) is 17.2 Å². The molecule has 1 aromatic carbocycles. The van der Waals surface area contributed by atoms with Crippen LogP contribution in [-0.2, 0) is 14.8 Å². The fourth-order valence-corrected chi connectivity index (χ4v) is 4.35. The number of hydrogen-bond acceptors (Lipinski definition) is 3. The van der Waals surface area contributed by atoms with Crippen molar-refractivity contribution in [1.82, 2.24) is 4.72 Å². The molecule has 1 heterocycles. The van der Waals surface area contributed by atoms with Crippen molar-refractivity contribution >= 4 is 26.0 Å². The third-order valence-corrected chi connectivity index (χ3v) is 5.26. The third kappa shape index (κ3) is 3.50. The van der Waals surface area contributed by atoms with E-state index in [1.165, 1.54) is 0 Å². The normalized spacial score (nSPS) is 17.6. The molecule has 2 rings (SSSR count). The Morgan fingerprint density at radius 1 is 1.26 bits per heavy atom. The molecule has 0 bridgehead atoms. The number of benzene rings is 1. The number of halogens is 3. The lowest BCUT2D eigenvalue weighted by atomic mass is 10.1. The zero-order valence-electron chi connectivity index (χ0n) is 9.83. The van der Waals surface area contributed by atoms with Gasteiger partial charge in [-0.25, -0.2) is 21.9 Å². The van der Waals surface area contributed by atoms with E-state index in [1.807, 2.05) is 0 Å². The van der Waals surface area contributed by atoms with Gasteiger partial charge in [-0.1, -0.05) is 0 Å². The van der Waals surface area contributed by atoms with Gasteiger partial charge in [0.25, 0.3) is 0 Å². The van der Waals surface area contributed by atoms with E-state index < -0.39 is 26.6 Å². The molecule has 0 radical (unpaired) electrons. The summed E-state index contributed by atoms with van der Waals surface area (Å²) >= 11 is 2.87. The molecule has 0 aromatic heterocycles. The summed E-state index contributed by atoms with van der Waals surface area (Å²) in [6.07, 6.45) is 1.05. The van der Waals surface area contributed by atoms with E-state index in [1.54, 1.807) is 0 Å². The maximum absolute atomic E-state index is 13.6. The van der Waals surface area contributed by atoms with E-state index in [2.05, 4.69) is 20.7 Å². The van der Waals surface area contributed by atoms with Crippen molar-refractivity contribution in [3.8, 4) is 0 Å². The summed E-state index contributed by atoms with van der Waals surface area (Å²) in [5, 5.41) is 0. The molecule has 1 N–H and O–H groups in total. The summed E-state index contributed by atoms with van der Waals surface area (Å²) < 4.78 is 58.2. The van der Waals surface area contributed by atoms with Crippen LogP contribution in [0.5, 0.6) is 0 Å². The molecule has 0 spiro atoms. The molecule has 1 aromatic rings. The molecule has 0 aliphatic carbocycles. The smallest absolute Gasteiger partial charge is 0.244 e. The molecule has 8 heteroatoms. The molecule has 106 valence electrons. The Labute approximate surface area is 118 Å². The second-order valence-corrected chi connectivity index (χ2v) is 6.71. The number of rotatable bonds is 3. The molecule has 0 atom stereocenters. The molecule has 1 fully saturated rings. The van der Waals surface area contributed by atoms with Gasteiger partial charge in [0, 0.05) is 29.8 Å². The van der Waals surface area contributed by atoms with Gasteiger partial charge in [-0.05, 0) is 34.8 Å². The fourth-order valence-electron chi connectivity index (χ4n) is 1.88. The van der Waals surface area contributed by atoms with Gasteiger partial charge in [-0.2, -0.15) is 0 Å². The molecule has 4 nitrogen and oxygen atoms in total. The van der Waals surface area contributed by atoms with Gasteiger partial charge >= 0.3 is 0 Å². The summed E-state index contributed by atoms with van der Waals surface area (Å²) in [6.45, 7) is 0.917. The van der Waals surface area contributed by atoms with Gasteiger partial charge in [0.2, 0.25) is 10.0 Å². The molecule has 1 aliphatic rings. The Kier molecular flexibility index (Phi) is 4.54. The third-order valence-electron chi connectivity index (χ3n) is 2.77. The first-order chi connectivity index (χ1) is 8.90. The van der Waals surface area contributed by atoms with Crippen LogP contribution in [0.25, 0.3) is 0 Å². The van der Waals surface area contributed by atoms with E-state index in [0.717, 1.165) is 6.07 Å². The van der Waals surface area contributed by atoms with E-state index in [-0.39, 0.29) is 10.5 Å². The van der Waals surface area contributed by atoms with Crippen LogP contribution in [0.2, 0.25) is 0 Å². The predicted octanol–water partition coefficient (Wildman–Crippen LogP) is 2.18. The monoisotopic (exact) mass is 355 g/mol. The fraction of sp³-hybridized carbons (Fsp3) is 0.455. The second-order valence-electron chi connectivity index (χ2n) is 4.21. The van der Waals surface area contributed by atoms with Crippen LogP contribution in [0.1, 0.15) is 12.8 Å². The molecular weight excluding hydrogens is 344 g/mol. The van der Waals surface area contributed by atoms with E-state index in [4.69, 9.17) is 4.74 Å². The Morgan fingerprint density at radius 3 is 2.47 bits per heavy atom. The maximum Gasteiger partial charge on any atom is 0.244 e. The van der Waals surface area contributed by atoms with Crippen LogP contribution in [0.4, 0.5) is 8.78 Å². The summed E-state index contributed by atoms with van der Waals surface area (Å²) in [7, 11) is -4.03. The molecule has 1 aliphatic heterocycles. The van der Waals surface area contributed by atoms with Crippen molar-refractivity contribution in [3.05, 3.63) is 28.2 Å². The lowest BCUT2D eigenvalue weighted by Crippen LogP contribution is -2.39. The highest BCUT2D eigenvalue weighted by Crippen LogP contribution is 2.26. The van der Waals surface area contributed by atoms with Crippen molar-refractivity contribution < 1.29 is 21.9 Å². The Balaban J connectivity index is 2.29. The zero-order valence-corrected chi connectivity index (χ0v) is 12.2. The quantitative estimate of drug-likeness (QED) is 0.903. The van der Waals surface area contributed by atoms with Crippen molar-refractivity contribution in [2.75, 3.05) is 13.2 Å². The molecule has 0 saturated carbocycles. The minimum atomic E-state index is -4.03. The number of nitrogens with one attached hydrogen (secondary N) is 1. The lowest BCUT2D eigenvalue weighted by Gasteiger charge is -2.23. The summed E-state index contributed by atoms with van der Waals surface area (Å²) in [4.78, 5) is -0.569. The Hall–Kier alpha value is -0.570. The van der Waals surface area contributed by atoms with Gasteiger partial charge in [0.15, 0.2) is 0 Å². The summed E-state index contributed by atoms with van der Waals surface area (Å²) in [5.74, 6) is -1.96. The Bertz CT molecular complexity index is 550. The number of sulfonamides is 1. The van der Waals surface area contributed by atoms with Gasteiger partial charge in [-0.3, -0.25) is 0 Å². The maximum atomic E-state index is 13.6. The van der Waals surface area contributed by atoms with E-state index >= 15 is 0 Å². The Morgan fingerprint density at radius 2 is 1.89 bits per heavy atom. The van der Waals surface area contributed by atoms with Gasteiger partial charge in [-0.15, -0.1) is 0 Å². The average Bonchev–Trinajstić information content (AvgIpc) is 2.27. The molecular formula is C11H12BrF2NO3S. The summed E-state index contributed by atoms with van der Waals surface area (Å²) in [6, 6.07) is 1.17. The highest BCUT2D eigenvalue weighted by Gasteiger charge is 2.27. The first-order valence-corrected chi connectivity index (χ1v) is 7.92. The van der Waals surface area contributed by atoms with Crippen LogP contribution in [0.15, 0.2) is 21.5 Å². The average molecular weight is 356 g/mol. The van der Waals surface area contributed by atoms with Crippen LogP contribution < -0.4 is 4.72 Å². The minimum Gasteiger partial charge on any atom is -0.381 e. The lowest BCUT2D eigenvalue weighted by molar-refractivity contribution is 0.0832. The van der Waals surface area contributed by atoms with Gasteiger partial charge in [0.1, 0.15) is 16.5 Å². The highest BCUT2D eigenvalue weighted by molar-refractivity contribution is 9.10. The van der Waals surface area contributed by atoms with Crippen molar-refractivity contribution in [3.63, 3.8) is 0 Å². The van der Waals surface area contributed by atoms with Crippen molar-refractivity contribution in [2.45, 2.75) is 23.8 Å². The highest BCUT2D eigenvalue weighted by atomic mass is 79.9. The van der Waals surface area contributed by atoms with Crippen molar-refractivity contribution in [1.29, 1.82) is 0 Å². The minimum absolute atomic E-state index is 0.135. The zero-order chi connectivity index (χ0) is 14.0. The van der Waals surface area contributed by atoms with Gasteiger partial charge < -0.3 is 4.74 Å². The van der Waals surface area contributed by atoms with Gasteiger partial charge in [0.05, 0.1) is 0 Å². The van der Waals surface area contributed by atoms with Crippen molar-refractivity contribution in [2.24, 2.45) is 0 Å². The van der Waals surface area contributed by atoms with E-state index in [0.29, 0.717) is 32.1 Å². The topological polar surface area (TPSA) is 55.4 Å². The first kappa shape index (κ1) is 14.8. The molecule has 1 saturated heterocycles. The number of ether oxygens (including phenoxy) is 1. The SMILES string of the molecule is O=S(=O)(NC1CCOCC1)c1c(F)cc(F)cc1Br. The predicted molar refractivity (Wildman–Crippen MR) is 68.2 cm³/mol. The first-order valence-electron chi connectivity index (χ1n) is 5.65. The molecule has 0 amide bonds. The summed E-state index contributed by atoms with van der Waals surface area (Å²) in [5.41, 5.74) is 0.